The highest BCUT2D eigenvalue weighted by Crippen LogP contribution is 2.62. The monoisotopic (exact) mass is 348 g/mol. The summed E-state index contributed by atoms with van der Waals surface area (Å²) in [7, 11) is 0. The molecule has 128 valence electrons. The molecule has 0 atom stereocenters. The summed E-state index contributed by atoms with van der Waals surface area (Å²) in [6, 6.07) is 30.7. The van der Waals surface area contributed by atoms with Gasteiger partial charge in [0.2, 0.25) is 0 Å². The van der Waals surface area contributed by atoms with Crippen LogP contribution in [-0.2, 0) is 5.41 Å². The predicted octanol–water partition coefficient (Wildman–Crippen LogP) is 5.86. The maximum Gasteiger partial charge on any atom is 0.132 e. The summed E-state index contributed by atoms with van der Waals surface area (Å²) in [4.78, 5) is 0. The summed E-state index contributed by atoms with van der Waals surface area (Å²) in [5, 5.41) is 10.4. The Morgan fingerprint density at radius 2 is 1.11 bits per heavy atom. The Bertz CT molecular complexity index is 1180. The molecule has 1 aliphatic carbocycles. The maximum atomic E-state index is 10.4. The summed E-state index contributed by atoms with van der Waals surface area (Å²) in [6.45, 7) is 0. The molecular weight excluding hydrogens is 332 g/mol. The second kappa shape index (κ2) is 5.01. The van der Waals surface area contributed by atoms with Crippen LogP contribution in [0.2, 0.25) is 0 Å². The largest absolute Gasteiger partial charge is 0.508 e. The van der Waals surface area contributed by atoms with E-state index in [-0.39, 0.29) is 5.75 Å². The van der Waals surface area contributed by atoms with Crippen molar-refractivity contribution in [3.05, 3.63) is 113 Å². The second-order valence-corrected chi connectivity index (χ2v) is 7.12. The van der Waals surface area contributed by atoms with Crippen LogP contribution < -0.4 is 4.74 Å². The Morgan fingerprint density at radius 3 is 1.81 bits per heavy atom. The zero-order valence-corrected chi connectivity index (χ0v) is 14.5. The average Bonchev–Trinajstić information content (AvgIpc) is 2.99. The van der Waals surface area contributed by atoms with Gasteiger partial charge in [-0.3, -0.25) is 0 Å². The van der Waals surface area contributed by atoms with E-state index in [1.165, 1.54) is 11.1 Å². The Kier molecular flexibility index (Phi) is 2.72. The second-order valence-electron chi connectivity index (χ2n) is 7.12. The lowest BCUT2D eigenvalue weighted by Gasteiger charge is -2.39. The third-order valence-corrected chi connectivity index (χ3v) is 5.83. The molecule has 1 spiro atoms. The van der Waals surface area contributed by atoms with Crippen LogP contribution in [0.25, 0.3) is 11.1 Å². The number of hydrogen-bond acceptors (Lipinski definition) is 2. The zero-order valence-electron chi connectivity index (χ0n) is 14.5. The molecule has 6 rings (SSSR count). The molecule has 0 aromatic heterocycles. The van der Waals surface area contributed by atoms with Gasteiger partial charge in [-0.05, 0) is 46.5 Å². The number of phenols is 1. The minimum absolute atomic E-state index is 0.280. The number of rotatable bonds is 0. The highest BCUT2D eigenvalue weighted by atomic mass is 16.5. The smallest absolute Gasteiger partial charge is 0.132 e. The lowest BCUT2D eigenvalue weighted by Crippen LogP contribution is -2.32. The predicted molar refractivity (Wildman–Crippen MR) is 105 cm³/mol. The molecule has 0 bridgehead atoms. The number of ether oxygens (including phenoxy) is 1. The fourth-order valence-corrected chi connectivity index (χ4v) is 4.84. The topological polar surface area (TPSA) is 29.5 Å². The molecule has 0 unspecified atom stereocenters. The van der Waals surface area contributed by atoms with Gasteiger partial charge < -0.3 is 9.84 Å². The van der Waals surface area contributed by atoms with E-state index >= 15 is 0 Å². The van der Waals surface area contributed by atoms with Gasteiger partial charge in [0.15, 0.2) is 0 Å². The van der Waals surface area contributed by atoms with Crippen LogP contribution in [0.5, 0.6) is 17.2 Å². The quantitative estimate of drug-likeness (QED) is 0.372. The highest BCUT2D eigenvalue weighted by molar-refractivity contribution is 5.88. The van der Waals surface area contributed by atoms with Crippen molar-refractivity contribution in [1.29, 1.82) is 0 Å². The van der Waals surface area contributed by atoms with E-state index in [2.05, 4.69) is 48.5 Å². The molecule has 27 heavy (non-hydrogen) atoms. The van der Waals surface area contributed by atoms with Gasteiger partial charge in [0.05, 0.1) is 5.41 Å². The summed E-state index contributed by atoms with van der Waals surface area (Å²) < 4.78 is 6.26. The molecule has 2 heteroatoms. The molecular formula is C25H16O2. The molecule has 4 aromatic carbocycles. The summed E-state index contributed by atoms with van der Waals surface area (Å²) >= 11 is 0. The van der Waals surface area contributed by atoms with Crippen molar-refractivity contribution in [1.82, 2.24) is 0 Å². The first kappa shape index (κ1) is 14.6. The van der Waals surface area contributed by atoms with Crippen molar-refractivity contribution in [2.75, 3.05) is 0 Å². The van der Waals surface area contributed by atoms with Crippen molar-refractivity contribution in [3.8, 4) is 28.4 Å². The van der Waals surface area contributed by atoms with E-state index in [0.29, 0.717) is 0 Å². The Hall–Kier alpha value is -3.52. The average molecular weight is 348 g/mol. The number of benzene rings is 4. The minimum Gasteiger partial charge on any atom is -0.508 e. The summed E-state index contributed by atoms with van der Waals surface area (Å²) in [5.41, 5.74) is 6.44. The van der Waals surface area contributed by atoms with Crippen LogP contribution in [-0.4, -0.2) is 5.11 Å². The Morgan fingerprint density at radius 1 is 0.556 bits per heavy atom. The van der Waals surface area contributed by atoms with Crippen LogP contribution in [0.3, 0.4) is 0 Å². The normalized spacial score (nSPS) is 14.7. The fraction of sp³-hybridized carbons (Fsp3) is 0.0400. The van der Waals surface area contributed by atoms with Gasteiger partial charge in [-0.15, -0.1) is 0 Å². The molecule has 1 N–H and O–H groups in total. The van der Waals surface area contributed by atoms with Gasteiger partial charge in [0.1, 0.15) is 17.2 Å². The molecule has 0 saturated carbocycles. The van der Waals surface area contributed by atoms with Gasteiger partial charge in [-0.2, -0.15) is 0 Å². The molecule has 0 amide bonds. The molecule has 0 fully saturated rings. The Labute approximate surface area is 157 Å². The molecule has 2 nitrogen and oxygen atoms in total. The third-order valence-electron chi connectivity index (χ3n) is 5.83. The minimum atomic E-state index is -0.490. The number of hydrogen-bond donors (Lipinski definition) is 1. The Balaban J connectivity index is 1.87. The van der Waals surface area contributed by atoms with Crippen molar-refractivity contribution < 1.29 is 9.84 Å². The first-order valence-corrected chi connectivity index (χ1v) is 9.10. The van der Waals surface area contributed by atoms with Crippen molar-refractivity contribution in [3.63, 3.8) is 0 Å². The zero-order chi connectivity index (χ0) is 18.0. The van der Waals surface area contributed by atoms with Gasteiger partial charge in [-0.1, -0.05) is 66.7 Å². The summed E-state index contributed by atoms with van der Waals surface area (Å²) in [5.74, 6) is 2.01. The number of aromatic hydroxyl groups is 1. The van der Waals surface area contributed by atoms with Gasteiger partial charge >= 0.3 is 0 Å². The van der Waals surface area contributed by atoms with Crippen LogP contribution in [0.15, 0.2) is 91.0 Å². The maximum absolute atomic E-state index is 10.4. The van der Waals surface area contributed by atoms with Crippen molar-refractivity contribution >= 4 is 0 Å². The van der Waals surface area contributed by atoms with Crippen molar-refractivity contribution in [2.45, 2.75) is 5.41 Å². The van der Waals surface area contributed by atoms with E-state index in [9.17, 15) is 5.11 Å². The molecule has 2 aliphatic rings. The van der Waals surface area contributed by atoms with E-state index < -0.39 is 5.41 Å². The number of para-hydroxylation sites is 2. The third kappa shape index (κ3) is 1.70. The van der Waals surface area contributed by atoms with Gasteiger partial charge in [0.25, 0.3) is 0 Å². The van der Waals surface area contributed by atoms with E-state index in [4.69, 9.17) is 4.74 Å². The highest BCUT2D eigenvalue weighted by Gasteiger charge is 2.50. The van der Waals surface area contributed by atoms with Crippen molar-refractivity contribution in [2.24, 2.45) is 0 Å². The van der Waals surface area contributed by atoms with Gasteiger partial charge in [0, 0.05) is 11.1 Å². The molecule has 1 heterocycles. The molecule has 0 saturated heterocycles. The number of phenolic OH excluding ortho intramolecular Hbond substituents is 1. The number of fused-ring (bicyclic) bond motifs is 9. The standard InChI is InChI=1S/C25H16O2/c26-16-13-14-18-17-7-1-2-8-19(17)25(22(18)15-16)20-9-3-5-11-23(20)27-24-12-6-4-10-21(24)25/h1-15,26H. The van der Waals surface area contributed by atoms with E-state index in [1.807, 2.05) is 36.4 Å². The summed E-state index contributed by atoms with van der Waals surface area (Å²) in [6.07, 6.45) is 0. The lowest BCUT2D eigenvalue weighted by molar-refractivity contribution is 0.435. The first-order valence-electron chi connectivity index (χ1n) is 9.10. The molecule has 0 radical (unpaired) electrons. The van der Waals surface area contributed by atoms with E-state index in [1.54, 1.807) is 6.07 Å². The van der Waals surface area contributed by atoms with Gasteiger partial charge in [-0.25, -0.2) is 0 Å². The van der Waals surface area contributed by atoms with Crippen LogP contribution in [0.4, 0.5) is 0 Å². The first-order chi connectivity index (χ1) is 13.3. The van der Waals surface area contributed by atoms with Crippen LogP contribution in [0.1, 0.15) is 22.3 Å². The molecule has 4 aromatic rings. The SMILES string of the molecule is Oc1ccc2c(c1)C1(c3ccccc3Oc3ccccc31)c1ccccc1-2. The molecule has 1 aliphatic heterocycles. The van der Waals surface area contributed by atoms with Crippen LogP contribution >= 0.6 is 0 Å². The van der Waals surface area contributed by atoms with Crippen LogP contribution in [0, 0.1) is 0 Å². The van der Waals surface area contributed by atoms with E-state index in [0.717, 1.165) is 33.8 Å². The lowest BCUT2D eigenvalue weighted by atomic mass is 9.66. The fourth-order valence-electron chi connectivity index (χ4n) is 4.84.